The van der Waals surface area contributed by atoms with Gasteiger partial charge in [0.05, 0.1) is 6.17 Å². The van der Waals surface area contributed by atoms with E-state index in [-0.39, 0.29) is 24.0 Å². The third kappa shape index (κ3) is 5.54. The van der Waals surface area contributed by atoms with Crippen LogP contribution in [-0.2, 0) is 9.59 Å². The average Bonchev–Trinajstić information content (AvgIpc) is 3.07. The van der Waals surface area contributed by atoms with E-state index in [9.17, 15) is 9.59 Å². The number of benzene rings is 1. The first-order valence-electron chi connectivity index (χ1n) is 8.89. The van der Waals surface area contributed by atoms with Crippen molar-refractivity contribution in [2.45, 2.75) is 52.2 Å². The van der Waals surface area contributed by atoms with Crippen LogP contribution in [0, 0.1) is 5.41 Å². The zero-order chi connectivity index (χ0) is 18.4. The van der Waals surface area contributed by atoms with Crippen LogP contribution in [0.15, 0.2) is 30.3 Å². The van der Waals surface area contributed by atoms with Crippen LogP contribution in [0.1, 0.15) is 51.6 Å². The van der Waals surface area contributed by atoms with Gasteiger partial charge in [0, 0.05) is 37.9 Å². The van der Waals surface area contributed by atoms with Gasteiger partial charge in [-0.05, 0) is 12.0 Å². The van der Waals surface area contributed by atoms with Crippen molar-refractivity contribution in [1.29, 1.82) is 0 Å². The minimum absolute atomic E-state index is 0.0145. The Morgan fingerprint density at radius 2 is 1.88 bits per heavy atom. The summed E-state index contributed by atoms with van der Waals surface area (Å²) in [6.07, 6.45) is 1.87. The second-order valence-corrected chi connectivity index (χ2v) is 7.62. The van der Waals surface area contributed by atoms with Crippen LogP contribution >= 0.6 is 0 Å². The highest BCUT2D eigenvalue weighted by Crippen LogP contribution is 2.23. The Morgan fingerprint density at radius 1 is 1.20 bits per heavy atom. The Bertz CT molecular complexity index is 583. The summed E-state index contributed by atoms with van der Waals surface area (Å²) in [4.78, 5) is 25.9. The molecule has 1 aliphatic rings. The van der Waals surface area contributed by atoms with Gasteiger partial charge in [-0.1, -0.05) is 51.1 Å². The highest BCUT2D eigenvalue weighted by molar-refractivity contribution is 5.81. The van der Waals surface area contributed by atoms with E-state index in [1.54, 1.807) is 4.90 Å². The fourth-order valence-corrected chi connectivity index (χ4v) is 2.75. The molecule has 1 aromatic rings. The normalized spacial score (nSPS) is 20.3. The lowest BCUT2D eigenvalue weighted by Crippen LogP contribution is -2.45. The van der Waals surface area contributed by atoms with Gasteiger partial charge < -0.3 is 10.2 Å². The molecule has 25 heavy (non-hydrogen) atoms. The Morgan fingerprint density at radius 3 is 2.52 bits per heavy atom. The molecule has 2 rings (SSSR count). The maximum absolute atomic E-state index is 12.4. The first-order chi connectivity index (χ1) is 11.8. The van der Waals surface area contributed by atoms with Crippen LogP contribution < -0.4 is 16.2 Å². The Kier molecular flexibility index (Phi) is 6.56. The van der Waals surface area contributed by atoms with Gasteiger partial charge in [-0.15, -0.1) is 0 Å². The first-order valence-corrected chi connectivity index (χ1v) is 8.89. The Balaban J connectivity index is 1.73. The number of nitrogens with one attached hydrogen (secondary N) is 3. The average molecular weight is 346 g/mol. The van der Waals surface area contributed by atoms with Crippen LogP contribution in [0.3, 0.4) is 0 Å². The van der Waals surface area contributed by atoms with Gasteiger partial charge in [0.2, 0.25) is 11.8 Å². The lowest BCUT2D eigenvalue weighted by molar-refractivity contribution is -0.133. The largest absolute Gasteiger partial charge is 0.356 e. The van der Waals surface area contributed by atoms with E-state index in [1.165, 1.54) is 5.56 Å². The summed E-state index contributed by atoms with van der Waals surface area (Å²) in [6.45, 7) is 6.16. The molecule has 6 heteroatoms. The molecule has 0 saturated carbocycles. The smallest absolute Gasteiger partial charge is 0.225 e. The number of carbonyl (C=O) groups excluding carboxylic acids is 2. The van der Waals surface area contributed by atoms with Crippen molar-refractivity contribution in [2.75, 3.05) is 13.6 Å². The molecule has 1 heterocycles. The van der Waals surface area contributed by atoms with E-state index in [4.69, 9.17) is 0 Å². The molecule has 2 amide bonds. The quantitative estimate of drug-likeness (QED) is 0.689. The van der Waals surface area contributed by atoms with E-state index in [0.29, 0.717) is 19.4 Å². The molecule has 6 nitrogen and oxygen atoms in total. The summed E-state index contributed by atoms with van der Waals surface area (Å²) in [7, 11) is 1.82. The minimum Gasteiger partial charge on any atom is -0.356 e. The minimum atomic E-state index is -0.396. The summed E-state index contributed by atoms with van der Waals surface area (Å²) in [5.41, 5.74) is 7.27. The highest BCUT2D eigenvalue weighted by atomic mass is 16.2. The van der Waals surface area contributed by atoms with Crippen molar-refractivity contribution in [2.24, 2.45) is 5.41 Å². The maximum atomic E-state index is 12.4. The van der Waals surface area contributed by atoms with Gasteiger partial charge in [0.25, 0.3) is 0 Å². The number of hydrogen-bond acceptors (Lipinski definition) is 4. The molecule has 0 aromatic heterocycles. The standard InChI is InChI=1S/C19H30N4O2/c1-19(2,3)18(25)20-12-8-11-17(24)23(4)16-13-15(21-22-16)14-9-6-5-7-10-14/h5-7,9-10,15-16,21-22H,8,11-13H2,1-4H3,(H,20,25). The molecule has 3 N–H and O–H groups in total. The van der Waals surface area contributed by atoms with Crippen LogP contribution in [0.2, 0.25) is 0 Å². The van der Waals surface area contributed by atoms with Crippen LogP contribution in [0.25, 0.3) is 0 Å². The molecular formula is C19H30N4O2. The number of amides is 2. The Labute approximate surface area is 150 Å². The molecule has 0 aliphatic carbocycles. The van der Waals surface area contributed by atoms with E-state index < -0.39 is 5.41 Å². The highest BCUT2D eigenvalue weighted by Gasteiger charge is 2.29. The third-order valence-electron chi connectivity index (χ3n) is 4.48. The third-order valence-corrected chi connectivity index (χ3v) is 4.48. The second-order valence-electron chi connectivity index (χ2n) is 7.62. The van der Waals surface area contributed by atoms with Gasteiger partial charge in [0.15, 0.2) is 0 Å². The zero-order valence-corrected chi connectivity index (χ0v) is 15.6. The van der Waals surface area contributed by atoms with Crippen molar-refractivity contribution in [3.05, 3.63) is 35.9 Å². The molecular weight excluding hydrogens is 316 g/mol. The zero-order valence-electron chi connectivity index (χ0n) is 15.6. The number of hydrogen-bond donors (Lipinski definition) is 3. The summed E-state index contributed by atoms with van der Waals surface area (Å²) in [5, 5.41) is 2.88. The van der Waals surface area contributed by atoms with Crippen molar-refractivity contribution in [3.63, 3.8) is 0 Å². The summed E-state index contributed by atoms with van der Waals surface area (Å²) < 4.78 is 0. The molecule has 1 fully saturated rings. The molecule has 1 saturated heterocycles. The molecule has 0 radical (unpaired) electrons. The van der Waals surface area contributed by atoms with E-state index >= 15 is 0 Å². The van der Waals surface area contributed by atoms with Gasteiger partial charge in [-0.25, -0.2) is 10.9 Å². The van der Waals surface area contributed by atoms with E-state index in [1.807, 2.05) is 46.0 Å². The van der Waals surface area contributed by atoms with E-state index in [0.717, 1.165) is 6.42 Å². The van der Waals surface area contributed by atoms with E-state index in [2.05, 4.69) is 28.3 Å². The van der Waals surface area contributed by atoms with Crippen LogP contribution in [-0.4, -0.2) is 36.5 Å². The van der Waals surface area contributed by atoms with Crippen molar-refractivity contribution >= 4 is 11.8 Å². The van der Waals surface area contributed by atoms with Crippen molar-refractivity contribution < 1.29 is 9.59 Å². The first kappa shape index (κ1) is 19.4. The lowest BCUT2D eigenvalue weighted by atomic mass is 9.96. The number of hydrazine groups is 1. The molecule has 2 atom stereocenters. The van der Waals surface area contributed by atoms with Crippen molar-refractivity contribution in [1.82, 2.24) is 21.1 Å². The molecule has 0 spiro atoms. The Hall–Kier alpha value is -1.92. The molecule has 2 unspecified atom stereocenters. The summed E-state index contributed by atoms with van der Waals surface area (Å²) in [5.74, 6) is 0.0960. The predicted octanol–water partition coefficient (Wildman–Crippen LogP) is 1.95. The van der Waals surface area contributed by atoms with Gasteiger partial charge in [-0.3, -0.25) is 9.59 Å². The van der Waals surface area contributed by atoms with Crippen LogP contribution in [0.4, 0.5) is 0 Å². The van der Waals surface area contributed by atoms with Crippen LogP contribution in [0.5, 0.6) is 0 Å². The monoisotopic (exact) mass is 346 g/mol. The maximum Gasteiger partial charge on any atom is 0.225 e. The van der Waals surface area contributed by atoms with Gasteiger partial charge in [0.1, 0.15) is 0 Å². The number of carbonyl (C=O) groups is 2. The topological polar surface area (TPSA) is 73.5 Å². The number of rotatable bonds is 6. The molecule has 1 aliphatic heterocycles. The SMILES string of the molecule is CN(C(=O)CCCNC(=O)C(C)(C)C)C1CC(c2ccccc2)NN1. The van der Waals surface area contributed by atoms with Gasteiger partial charge >= 0.3 is 0 Å². The molecule has 138 valence electrons. The molecule has 1 aromatic carbocycles. The summed E-state index contributed by atoms with van der Waals surface area (Å²) >= 11 is 0. The second kappa shape index (κ2) is 8.45. The fourth-order valence-electron chi connectivity index (χ4n) is 2.75. The number of nitrogens with zero attached hydrogens (tertiary/aromatic N) is 1. The fraction of sp³-hybridized carbons (Fsp3) is 0.579. The van der Waals surface area contributed by atoms with Crippen molar-refractivity contribution in [3.8, 4) is 0 Å². The summed E-state index contributed by atoms with van der Waals surface area (Å²) in [6, 6.07) is 10.4. The van der Waals surface area contributed by atoms with Gasteiger partial charge in [-0.2, -0.15) is 0 Å². The predicted molar refractivity (Wildman–Crippen MR) is 98.3 cm³/mol. The lowest BCUT2D eigenvalue weighted by Gasteiger charge is -2.24. The molecule has 0 bridgehead atoms.